The molecule has 1 fully saturated rings. The summed E-state index contributed by atoms with van der Waals surface area (Å²) >= 11 is 0. The molecule has 2 nitrogen and oxygen atoms in total. The molecular formula is C17H28N2. The van der Waals surface area contributed by atoms with Crippen LogP contribution in [-0.4, -0.2) is 19.1 Å². The van der Waals surface area contributed by atoms with E-state index >= 15 is 0 Å². The van der Waals surface area contributed by atoms with Crippen LogP contribution in [0.25, 0.3) is 0 Å². The summed E-state index contributed by atoms with van der Waals surface area (Å²) in [6, 6.07) is 7.57. The van der Waals surface area contributed by atoms with E-state index in [0.29, 0.717) is 6.04 Å². The highest BCUT2D eigenvalue weighted by atomic mass is 15.0. The molecule has 0 saturated carbocycles. The van der Waals surface area contributed by atoms with E-state index in [1.54, 1.807) is 0 Å². The molecule has 0 radical (unpaired) electrons. The maximum atomic E-state index is 3.58. The fourth-order valence-corrected chi connectivity index (χ4v) is 2.67. The summed E-state index contributed by atoms with van der Waals surface area (Å²) in [6.45, 7) is 12.3. The molecule has 2 rings (SSSR count). The lowest BCUT2D eigenvalue weighted by molar-refractivity contribution is 0.534. The molecule has 0 aromatic heterocycles. The van der Waals surface area contributed by atoms with Gasteiger partial charge in [-0.1, -0.05) is 39.0 Å². The molecule has 1 saturated heterocycles. The Hall–Kier alpha value is -0.860. The molecular weight excluding hydrogens is 232 g/mol. The van der Waals surface area contributed by atoms with Crippen molar-refractivity contribution in [2.75, 3.05) is 13.1 Å². The predicted molar refractivity (Wildman–Crippen MR) is 82.6 cm³/mol. The average Bonchev–Trinajstić information content (AvgIpc) is 2.83. The smallest absolute Gasteiger partial charge is 0.0208 e. The number of hydrogen-bond acceptors (Lipinski definition) is 2. The molecule has 19 heavy (non-hydrogen) atoms. The lowest BCUT2D eigenvalue weighted by Crippen LogP contribution is -2.33. The van der Waals surface area contributed by atoms with E-state index in [1.165, 1.54) is 36.1 Å². The molecule has 2 N–H and O–H groups in total. The molecule has 2 heteroatoms. The number of rotatable bonds is 4. The standard InChI is InChI=1S/C17H28N2/c1-13-10-15(17(2,3)4)8-7-14(13)11-18-12-16-6-5-9-19-16/h7-8,10,16,18-19H,5-6,9,11-12H2,1-4H3. The van der Waals surface area contributed by atoms with Gasteiger partial charge in [-0.25, -0.2) is 0 Å². The summed E-state index contributed by atoms with van der Waals surface area (Å²) in [7, 11) is 0. The highest BCUT2D eigenvalue weighted by Gasteiger charge is 2.15. The lowest BCUT2D eigenvalue weighted by atomic mass is 9.85. The van der Waals surface area contributed by atoms with Gasteiger partial charge in [0, 0.05) is 19.1 Å². The summed E-state index contributed by atoms with van der Waals surface area (Å²) in [5, 5.41) is 7.10. The van der Waals surface area contributed by atoms with Gasteiger partial charge in [-0.05, 0) is 48.4 Å². The van der Waals surface area contributed by atoms with Crippen LogP contribution in [0.1, 0.15) is 50.3 Å². The SMILES string of the molecule is Cc1cc(C(C)(C)C)ccc1CNCC1CCCN1. The van der Waals surface area contributed by atoms with Gasteiger partial charge in [0.2, 0.25) is 0 Å². The molecule has 0 spiro atoms. The van der Waals surface area contributed by atoms with Crippen LogP contribution >= 0.6 is 0 Å². The van der Waals surface area contributed by atoms with Crippen molar-refractivity contribution in [3.8, 4) is 0 Å². The van der Waals surface area contributed by atoms with Gasteiger partial charge in [0.15, 0.2) is 0 Å². The van der Waals surface area contributed by atoms with E-state index in [-0.39, 0.29) is 5.41 Å². The molecule has 0 bridgehead atoms. The highest BCUT2D eigenvalue weighted by molar-refractivity contribution is 5.34. The fourth-order valence-electron chi connectivity index (χ4n) is 2.67. The van der Waals surface area contributed by atoms with Crippen LogP contribution in [0.3, 0.4) is 0 Å². The van der Waals surface area contributed by atoms with Gasteiger partial charge in [0.05, 0.1) is 0 Å². The highest BCUT2D eigenvalue weighted by Crippen LogP contribution is 2.24. The van der Waals surface area contributed by atoms with Crippen LogP contribution in [0, 0.1) is 6.92 Å². The predicted octanol–water partition coefficient (Wildman–Crippen LogP) is 3.13. The molecule has 1 atom stereocenters. The minimum absolute atomic E-state index is 0.241. The van der Waals surface area contributed by atoms with Gasteiger partial charge >= 0.3 is 0 Å². The number of hydrogen-bond donors (Lipinski definition) is 2. The molecule has 1 aromatic carbocycles. The van der Waals surface area contributed by atoms with Crippen molar-refractivity contribution in [2.45, 2.75) is 58.5 Å². The molecule has 1 heterocycles. The van der Waals surface area contributed by atoms with E-state index in [9.17, 15) is 0 Å². The zero-order valence-corrected chi connectivity index (χ0v) is 12.8. The van der Waals surface area contributed by atoms with Gasteiger partial charge in [-0.2, -0.15) is 0 Å². The van der Waals surface area contributed by atoms with Gasteiger partial charge in [0.1, 0.15) is 0 Å². The Morgan fingerprint density at radius 1 is 1.32 bits per heavy atom. The third kappa shape index (κ3) is 4.05. The van der Waals surface area contributed by atoms with E-state index < -0.39 is 0 Å². The van der Waals surface area contributed by atoms with Crippen LogP contribution < -0.4 is 10.6 Å². The van der Waals surface area contributed by atoms with Crippen molar-refractivity contribution >= 4 is 0 Å². The maximum absolute atomic E-state index is 3.58. The molecule has 1 unspecified atom stereocenters. The first-order chi connectivity index (χ1) is 8.97. The monoisotopic (exact) mass is 260 g/mol. The summed E-state index contributed by atoms with van der Waals surface area (Å²) in [5.74, 6) is 0. The Morgan fingerprint density at radius 3 is 2.68 bits per heavy atom. The largest absolute Gasteiger partial charge is 0.313 e. The topological polar surface area (TPSA) is 24.1 Å². The Bertz CT molecular complexity index is 412. The van der Waals surface area contributed by atoms with E-state index in [2.05, 4.69) is 56.5 Å². The normalized spacial score (nSPS) is 19.9. The second-order valence-electron chi connectivity index (χ2n) is 6.82. The quantitative estimate of drug-likeness (QED) is 0.869. The van der Waals surface area contributed by atoms with Crippen molar-refractivity contribution < 1.29 is 0 Å². The second-order valence-corrected chi connectivity index (χ2v) is 6.82. The summed E-state index contributed by atoms with van der Waals surface area (Å²) < 4.78 is 0. The Morgan fingerprint density at radius 2 is 2.11 bits per heavy atom. The van der Waals surface area contributed by atoms with E-state index in [4.69, 9.17) is 0 Å². The van der Waals surface area contributed by atoms with Crippen molar-refractivity contribution in [2.24, 2.45) is 0 Å². The third-order valence-corrected chi connectivity index (χ3v) is 4.08. The summed E-state index contributed by atoms with van der Waals surface area (Å²) in [5.41, 5.74) is 4.49. The maximum Gasteiger partial charge on any atom is 0.0208 e. The zero-order valence-electron chi connectivity index (χ0n) is 12.8. The summed E-state index contributed by atoms with van der Waals surface area (Å²) in [4.78, 5) is 0. The number of benzene rings is 1. The number of nitrogens with one attached hydrogen (secondary N) is 2. The summed E-state index contributed by atoms with van der Waals surface area (Å²) in [6.07, 6.45) is 2.64. The van der Waals surface area contributed by atoms with Crippen LogP contribution in [0.4, 0.5) is 0 Å². The fraction of sp³-hybridized carbons (Fsp3) is 0.647. The van der Waals surface area contributed by atoms with Gasteiger partial charge in [-0.15, -0.1) is 0 Å². The zero-order chi connectivity index (χ0) is 13.9. The minimum Gasteiger partial charge on any atom is -0.313 e. The first kappa shape index (κ1) is 14.5. The molecule has 0 aliphatic carbocycles. The van der Waals surface area contributed by atoms with Crippen molar-refractivity contribution in [3.05, 3.63) is 34.9 Å². The van der Waals surface area contributed by atoms with Crippen molar-refractivity contribution in [1.29, 1.82) is 0 Å². The van der Waals surface area contributed by atoms with E-state index in [0.717, 1.165) is 13.1 Å². The third-order valence-electron chi connectivity index (χ3n) is 4.08. The molecule has 0 amide bonds. The molecule has 1 aliphatic heterocycles. The molecule has 106 valence electrons. The van der Waals surface area contributed by atoms with Gasteiger partial charge in [-0.3, -0.25) is 0 Å². The minimum atomic E-state index is 0.241. The lowest BCUT2D eigenvalue weighted by Gasteiger charge is -2.21. The Labute approximate surface area is 118 Å². The molecule has 1 aromatic rings. The number of aryl methyl sites for hydroxylation is 1. The van der Waals surface area contributed by atoms with Gasteiger partial charge < -0.3 is 10.6 Å². The van der Waals surface area contributed by atoms with Crippen LogP contribution in [0.2, 0.25) is 0 Å². The first-order valence-corrected chi connectivity index (χ1v) is 7.51. The van der Waals surface area contributed by atoms with Crippen LogP contribution in [0.5, 0.6) is 0 Å². The van der Waals surface area contributed by atoms with E-state index in [1.807, 2.05) is 0 Å². The molecule has 1 aliphatic rings. The first-order valence-electron chi connectivity index (χ1n) is 7.51. The Kier molecular flexibility index (Phi) is 4.64. The van der Waals surface area contributed by atoms with Gasteiger partial charge in [0.25, 0.3) is 0 Å². The second kappa shape index (κ2) is 6.06. The van der Waals surface area contributed by atoms with Crippen molar-refractivity contribution in [1.82, 2.24) is 10.6 Å². The Balaban J connectivity index is 1.90. The van der Waals surface area contributed by atoms with Crippen LogP contribution in [-0.2, 0) is 12.0 Å². The average molecular weight is 260 g/mol. The van der Waals surface area contributed by atoms with Crippen molar-refractivity contribution in [3.63, 3.8) is 0 Å². The van der Waals surface area contributed by atoms with Crippen LogP contribution in [0.15, 0.2) is 18.2 Å².